The molecule has 0 aromatic heterocycles. The van der Waals surface area contributed by atoms with E-state index in [-0.39, 0.29) is 19.1 Å². The summed E-state index contributed by atoms with van der Waals surface area (Å²) < 4.78 is 46.0. The van der Waals surface area contributed by atoms with Crippen LogP contribution in [0.4, 0.5) is 8.78 Å². The first-order valence-corrected chi connectivity index (χ1v) is 9.35. The smallest absolute Gasteiger partial charge is 0.387 e. The number of halogens is 2. The first-order chi connectivity index (χ1) is 13.7. The molecule has 1 fully saturated rings. The Morgan fingerprint density at radius 1 is 1.21 bits per heavy atom. The van der Waals surface area contributed by atoms with Crippen molar-refractivity contribution in [3.05, 3.63) is 17.7 Å². The second-order valence-corrected chi connectivity index (χ2v) is 6.27. The molecule has 0 aliphatic carbocycles. The molecule has 0 unspecified atom stereocenters. The highest BCUT2D eigenvalue weighted by molar-refractivity contribution is 5.79. The highest BCUT2D eigenvalue weighted by atomic mass is 19.3. The number of fused-ring (bicyclic) bond motifs is 1. The second kappa shape index (κ2) is 10.3. The third kappa shape index (κ3) is 5.83. The Labute approximate surface area is 162 Å². The molecule has 1 saturated heterocycles. The highest BCUT2D eigenvalue weighted by Crippen LogP contribution is 2.38. The van der Waals surface area contributed by atoms with Gasteiger partial charge in [-0.2, -0.15) is 8.78 Å². The molecule has 156 valence electrons. The van der Waals surface area contributed by atoms with E-state index in [0.29, 0.717) is 36.1 Å². The van der Waals surface area contributed by atoms with Gasteiger partial charge in [-0.25, -0.2) is 4.99 Å². The highest BCUT2D eigenvalue weighted by Gasteiger charge is 2.20. The van der Waals surface area contributed by atoms with Crippen LogP contribution in [0.5, 0.6) is 17.2 Å². The summed E-state index contributed by atoms with van der Waals surface area (Å²) in [7, 11) is 0. The van der Waals surface area contributed by atoms with Gasteiger partial charge >= 0.3 is 6.61 Å². The van der Waals surface area contributed by atoms with Gasteiger partial charge in [-0.15, -0.1) is 0 Å². The molecule has 0 spiro atoms. The molecule has 2 aliphatic heterocycles. The maximum absolute atomic E-state index is 12.7. The molecule has 2 N–H and O–H groups in total. The number of nitrogens with zero attached hydrogens (tertiary/aromatic N) is 2. The molecule has 2 heterocycles. The van der Waals surface area contributed by atoms with Crippen LogP contribution < -0.4 is 24.8 Å². The normalized spacial score (nSPS) is 17.1. The number of morpholine rings is 1. The van der Waals surface area contributed by atoms with Crippen LogP contribution in [0.1, 0.15) is 12.5 Å². The monoisotopic (exact) mass is 400 g/mol. The lowest BCUT2D eigenvalue weighted by Crippen LogP contribution is -2.44. The predicted octanol–water partition coefficient (Wildman–Crippen LogP) is 1.40. The molecular formula is C18H26F2N4O4. The fourth-order valence-electron chi connectivity index (χ4n) is 2.96. The van der Waals surface area contributed by atoms with Crippen LogP contribution in [-0.4, -0.2) is 70.2 Å². The van der Waals surface area contributed by atoms with Crippen LogP contribution in [0.3, 0.4) is 0 Å². The molecule has 10 heteroatoms. The van der Waals surface area contributed by atoms with E-state index in [1.165, 1.54) is 6.07 Å². The standard InChI is InChI=1S/C18H26F2N4O4/c1-2-21-18(22-3-4-24-5-7-25-8-6-24)23-11-13-9-15-16(27-12-26-15)10-14(13)28-17(19)20/h9-10,17H,2-8,11-12H2,1H3,(H2,21,22,23). The Morgan fingerprint density at radius 3 is 2.68 bits per heavy atom. The number of hydrogen-bond acceptors (Lipinski definition) is 6. The third-order valence-corrected chi connectivity index (χ3v) is 4.35. The van der Waals surface area contributed by atoms with Gasteiger partial charge in [0, 0.05) is 44.4 Å². The molecule has 0 atom stereocenters. The van der Waals surface area contributed by atoms with Crippen LogP contribution in [-0.2, 0) is 11.3 Å². The number of aliphatic imine (C=N–C) groups is 1. The molecule has 0 bridgehead atoms. The number of hydrogen-bond donors (Lipinski definition) is 2. The summed E-state index contributed by atoms with van der Waals surface area (Å²) in [5.41, 5.74) is 0.495. The largest absolute Gasteiger partial charge is 0.454 e. The Kier molecular flexibility index (Phi) is 7.49. The molecule has 1 aromatic carbocycles. The van der Waals surface area contributed by atoms with Crippen LogP contribution in [0.15, 0.2) is 17.1 Å². The Balaban J connectivity index is 1.62. The third-order valence-electron chi connectivity index (χ3n) is 4.35. The minimum Gasteiger partial charge on any atom is -0.454 e. The summed E-state index contributed by atoms with van der Waals surface area (Å²) in [4.78, 5) is 6.80. The summed E-state index contributed by atoms with van der Waals surface area (Å²) in [5, 5.41) is 6.42. The molecule has 0 amide bonds. The van der Waals surface area contributed by atoms with Crippen LogP contribution in [0.25, 0.3) is 0 Å². The van der Waals surface area contributed by atoms with Crippen LogP contribution in [0, 0.1) is 0 Å². The van der Waals surface area contributed by atoms with E-state index in [1.54, 1.807) is 6.07 Å². The van der Waals surface area contributed by atoms with Crippen molar-refractivity contribution in [2.24, 2.45) is 4.99 Å². The average molecular weight is 400 g/mol. The lowest BCUT2D eigenvalue weighted by Gasteiger charge is -2.26. The van der Waals surface area contributed by atoms with Crippen molar-refractivity contribution >= 4 is 5.96 Å². The summed E-state index contributed by atoms with van der Waals surface area (Å²) >= 11 is 0. The van der Waals surface area contributed by atoms with Crippen molar-refractivity contribution in [2.75, 3.05) is 52.7 Å². The molecule has 2 aliphatic rings. The van der Waals surface area contributed by atoms with Gasteiger partial charge in [0.15, 0.2) is 17.5 Å². The van der Waals surface area contributed by atoms with E-state index in [0.717, 1.165) is 32.8 Å². The van der Waals surface area contributed by atoms with Gasteiger partial charge in [0.25, 0.3) is 0 Å². The number of alkyl halides is 2. The van der Waals surface area contributed by atoms with Crippen LogP contribution >= 0.6 is 0 Å². The van der Waals surface area contributed by atoms with Crippen LogP contribution in [0.2, 0.25) is 0 Å². The Morgan fingerprint density at radius 2 is 1.96 bits per heavy atom. The number of nitrogens with one attached hydrogen (secondary N) is 2. The maximum atomic E-state index is 12.7. The summed E-state index contributed by atoms with van der Waals surface area (Å²) in [6, 6.07) is 3.04. The number of benzene rings is 1. The first-order valence-electron chi connectivity index (χ1n) is 9.35. The van der Waals surface area contributed by atoms with Gasteiger partial charge in [0.05, 0.1) is 19.8 Å². The van der Waals surface area contributed by atoms with Gasteiger partial charge in [0.2, 0.25) is 6.79 Å². The lowest BCUT2D eigenvalue weighted by atomic mass is 10.1. The fraction of sp³-hybridized carbons (Fsp3) is 0.611. The molecule has 0 saturated carbocycles. The summed E-state index contributed by atoms with van der Waals surface area (Å²) in [6.07, 6.45) is 0. The predicted molar refractivity (Wildman–Crippen MR) is 99.3 cm³/mol. The zero-order valence-corrected chi connectivity index (χ0v) is 15.9. The van der Waals surface area contributed by atoms with Crippen molar-refractivity contribution in [3.63, 3.8) is 0 Å². The lowest BCUT2D eigenvalue weighted by molar-refractivity contribution is -0.0505. The Bertz CT molecular complexity index is 669. The van der Waals surface area contributed by atoms with Gasteiger partial charge in [-0.1, -0.05) is 0 Å². The topological polar surface area (TPSA) is 76.6 Å². The van der Waals surface area contributed by atoms with E-state index in [1.807, 2.05) is 6.92 Å². The SMILES string of the molecule is CCNC(=NCc1cc2c(cc1OC(F)F)OCO2)NCCN1CCOCC1. The molecular weight excluding hydrogens is 374 g/mol. The van der Waals surface area contributed by atoms with E-state index in [9.17, 15) is 8.78 Å². The molecule has 0 radical (unpaired) electrons. The molecule has 8 nitrogen and oxygen atoms in total. The molecule has 3 rings (SSSR count). The van der Waals surface area contributed by atoms with Gasteiger partial charge in [0.1, 0.15) is 5.75 Å². The van der Waals surface area contributed by atoms with Crippen molar-refractivity contribution < 1.29 is 27.7 Å². The minimum absolute atomic E-state index is 0.0344. The quantitative estimate of drug-likeness (QED) is 0.505. The fourth-order valence-corrected chi connectivity index (χ4v) is 2.96. The zero-order chi connectivity index (χ0) is 19.8. The van der Waals surface area contributed by atoms with Gasteiger partial charge < -0.3 is 29.6 Å². The van der Waals surface area contributed by atoms with Gasteiger partial charge in [-0.3, -0.25) is 4.90 Å². The van der Waals surface area contributed by atoms with E-state index in [2.05, 4.69) is 25.3 Å². The number of guanidine groups is 1. The van der Waals surface area contributed by atoms with E-state index >= 15 is 0 Å². The summed E-state index contributed by atoms with van der Waals surface area (Å²) in [5.74, 6) is 1.53. The summed E-state index contributed by atoms with van der Waals surface area (Å²) in [6.45, 7) is 4.87. The number of ether oxygens (including phenoxy) is 4. The van der Waals surface area contributed by atoms with Crippen molar-refractivity contribution in [1.29, 1.82) is 0 Å². The second-order valence-electron chi connectivity index (χ2n) is 6.27. The minimum atomic E-state index is -2.93. The van der Waals surface area contributed by atoms with E-state index < -0.39 is 6.61 Å². The van der Waals surface area contributed by atoms with Gasteiger partial charge in [-0.05, 0) is 13.0 Å². The Hall–Kier alpha value is -2.33. The van der Waals surface area contributed by atoms with Crippen molar-refractivity contribution in [3.8, 4) is 17.2 Å². The van der Waals surface area contributed by atoms with Crippen molar-refractivity contribution in [2.45, 2.75) is 20.1 Å². The molecule has 28 heavy (non-hydrogen) atoms. The van der Waals surface area contributed by atoms with E-state index in [4.69, 9.17) is 14.2 Å². The first kappa shape index (κ1) is 20.4. The maximum Gasteiger partial charge on any atom is 0.387 e. The molecule has 1 aromatic rings. The van der Waals surface area contributed by atoms with Crippen molar-refractivity contribution in [1.82, 2.24) is 15.5 Å². The average Bonchev–Trinajstić information content (AvgIpc) is 3.13. The zero-order valence-electron chi connectivity index (χ0n) is 15.9. The number of rotatable bonds is 8.